The molecule has 16 nitrogen and oxygen atoms in total. The summed E-state index contributed by atoms with van der Waals surface area (Å²) in [7, 11) is 1.27. The summed E-state index contributed by atoms with van der Waals surface area (Å²) in [5.41, 5.74) is 18.1. The summed E-state index contributed by atoms with van der Waals surface area (Å²) in [5.74, 6) is -1.11. The lowest BCUT2D eigenvalue weighted by Crippen LogP contribution is -2.33. The molecule has 0 saturated heterocycles. The van der Waals surface area contributed by atoms with E-state index in [-0.39, 0.29) is 34.9 Å². The van der Waals surface area contributed by atoms with Crippen LogP contribution in [0.25, 0.3) is 22.5 Å². The summed E-state index contributed by atoms with van der Waals surface area (Å²) in [6.07, 6.45) is 0. The fourth-order valence-electron chi connectivity index (χ4n) is 4.93. The normalized spacial score (nSPS) is 11.5. The summed E-state index contributed by atoms with van der Waals surface area (Å²) in [4.78, 5) is 62.8. The van der Waals surface area contributed by atoms with Crippen molar-refractivity contribution in [2.24, 2.45) is 17.2 Å². The highest BCUT2D eigenvalue weighted by atomic mass is 19.1. The molecule has 8 N–H and O–H groups in total. The van der Waals surface area contributed by atoms with Gasteiger partial charge in [-0.05, 0) is 123 Å². The van der Waals surface area contributed by atoms with E-state index >= 15 is 0 Å². The molecule has 2 atom stereocenters. The number of carbonyl (C=O) groups excluding carboxylic acids is 4. The quantitative estimate of drug-likeness (QED) is 0.0842. The number of nitrogens with one attached hydrogen (secondary N) is 2. The first-order valence-corrected chi connectivity index (χ1v) is 17.5. The molecule has 6 aromatic rings. The molecular weight excluding hydrogens is 769 g/mol. The first-order valence-electron chi connectivity index (χ1n) is 17.5. The van der Waals surface area contributed by atoms with Gasteiger partial charge in [-0.25, -0.2) is 33.5 Å². The number of methoxy groups -OCH3 is 1. The molecule has 2 aromatic heterocycles. The standard InChI is InChI=1S/C21H19FN4O4.C20H18FN5O3/c1-12(20(28)29-2)24-21-25-17(11-18(26-21)19(23)27)13-3-7-15(8-4-13)30-16-9-5-14(22)6-10-16;1-11(18(22)27)24-20-25-16(10-17(26-20)19(23)28)12-2-6-14(7-3-12)29-15-8-4-13(21)5-9-15/h3-12H,1-2H3,(H2,23,27)(H,24,25,26);2-11H,1H3,(H2,22,27)(H2,23,28)(H,24,25,26)/t12-;11-/m00/s1. The largest absolute Gasteiger partial charge is 0.467 e. The van der Waals surface area contributed by atoms with Gasteiger partial charge in [-0.15, -0.1) is 0 Å². The number of rotatable bonds is 14. The van der Waals surface area contributed by atoms with Crippen LogP contribution in [0.5, 0.6) is 23.0 Å². The molecule has 0 bridgehead atoms. The highest BCUT2D eigenvalue weighted by Gasteiger charge is 2.18. The second-order valence-electron chi connectivity index (χ2n) is 12.5. The molecule has 0 unspecified atom stereocenters. The first-order chi connectivity index (χ1) is 28.2. The molecule has 2 heterocycles. The Morgan fingerprint density at radius 1 is 0.542 bits per heavy atom. The number of esters is 1. The van der Waals surface area contributed by atoms with Gasteiger partial charge >= 0.3 is 5.97 Å². The zero-order chi connectivity index (χ0) is 42.6. The van der Waals surface area contributed by atoms with Crippen LogP contribution >= 0.6 is 0 Å². The van der Waals surface area contributed by atoms with Crippen LogP contribution in [0.4, 0.5) is 20.7 Å². The Kier molecular flexibility index (Phi) is 13.7. The Hall–Kier alpha value is -8.02. The van der Waals surface area contributed by atoms with Crippen LogP contribution in [0.15, 0.2) is 109 Å². The van der Waals surface area contributed by atoms with Crippen molar-refractivity contribution in [2.45, 2.75) is 25.9 Å². The van der Waals surface area contributed by atoms with Crippen LogP contribution in [0.3, 0.4) is 0 Å². The summed E-state index contributed by atoms with van der Waals surface area (Å²) in [6.45, 7) is 3.12. The van der Waals surface area contributed by atoms with E-state index in [4.69, 9.17) is 26.7 Å². The van der Waals surface area contributed by atoms with Crippen LogP contribution in [0.1, 0.15) is 34.8 Å². The van der Waals surface area contributed by atoms with Crippen LogP contribution in [-0.4, -0.2) is 62.8 Å². The lowest BCUT2D eigenvalue weighted by Gasteiger charge is -2.13. The topological polar surface area (TPSA) is 250 Å². The van der Waals surface area contributed by atoms with Crippen molar-refractivity contribution in [2.75, 3.05) is 17.7 Å². The van der Waals surface area contributed by atoms with Gasteiger partial charge in [0.25, 0.3) is 11.8 Å². The van der Waals surface area contributed by atoms with Crippen molar-refractivity contribution in [1.82, 2.24) is 19.9 Å². The average molecular weight is 806 g/mol. The van der Waals surface area contributed by atoms with Crippen LogP contribution in [0, 0.1) is 11.6 Å². The molecule has 0 spiro atoms. The maximum atomic E-state index is 13.0. The number of halogens is 2. The predicted octanol–water partition coefficient (Wildman–Crippen LogP) is 5.61. The molecule has 0 fully saturated rings. The van der Waals surface area contributed by atoms with E-state index in [9.17, 15) is 28.0 Å². The van der Waals surface area contributed by atoms with Gasteiger partial charge in [0, 0.05) is 11.1 Å². The van der Waals surface area contributed by atoms with Crippen LogP contribution < -0.4 is 37.3 Å². The number of amides is 3. The molecule has 6 rings (SSSR count). The summed E-state index contributed by atoms with van der Waals surface area (Å²) >= 11 is 0. The van der Waals surface area contributed by atoms with Gasteiger partial charge in [0.15, 0.2) is 0 Å². The molecule has 18 heteroatoms. The highest BCUT2D eigenvalue weighted by molar-refractivity contribution is 5.93. The third-order valence-corrected chi connectivity index (χ3v) is 8.03. The van der Waals surface area contributed by atoms with Gasteiger partial charge < -0.3 is 42.0 Å². The molecule has 0 saturated carbocycles. The summed E-state index contributed by atoms with van der Waals surface area (Å²) in [5, 5.41) is 5.52. The molecule has 0 radical (unpaired) electrons. The zero-order valence-corrected chi connectivity index (χ0v) is 31.7. The van der Waals surface area contributed by atoms with E-state index in [2.05, 4.69) is 35.3 Å². The van der Waals surface area contributed by atoms with E-state index in [1.54, 1.807) is 62.4 Å². The SMILES string of the molecule is COC(=O)[C@H](C)Nc1nc(C(N)=O)cc(-c2ccc(Oc3ccc(F)cc3)cc2)n1.C[C@H](Nc1nc(C(N)=O)cc(-c2ccc(Oc3ccc(F)cc3)cc2)n1)C(N)=O. The minimum Gasteiger partial charge on any atom is -0.467 e. The first kappa shape index (κ1) is 42.1. The van der Waals surface area contributed by atoms with E-state index in [0.717, 1.165) is 0 Å². The van der Waals surface area contributed by atoms with Gasteiger partial charge in [0.05, 0.1) is 18.5 Å². The van der Waals surface area contributed by atoms with E-state index in [1.807, 2.05) is 0 Å². The van der Waals surface area contributed by atoms with Crippen molar-refractivity contribution < 1.29 is 42.2 Å². The second kappa shape index (κ2) is 19.2. The monoisotopic (exact) mass is 805 g/mol. The third-order valence-electron chi connectivity index (χ3n) is 8.03. The second-order valence-corrected chi connectivity index (χ2v) is 12.5. The van der Waals surface area contributed by atoms with Crippen molar-refractivity contribution in [3.63, 3.8) is 0 Å². The maximum Gasteiger partial charge on any atom is 0.328 e. The Morgan fingerprint density at radius 3 is 1.20 bits per heavy atom. The number of ether oxygens (including phenoxy) is 3. The number of benzene rings is 4. The van der Waals surface area contributed by atoms with Crippen LogP contribution in [0.2, 0.25) is 0 Å². The Balaban J connectivity index is 0.000000224. The molecule has 59 heavy (non-hydrogen) atoms. The van der Waals surface area contributed by atoms with Gasteiger partial charge in [0.1, 0.15) is 58.1 Å². The van der Waals surface area contributed by atoms with Crippen molar-refractivity contribution >= 4 is 35.6 Å². The van der Waals surface area contributed by atoms with Gasteiger partial charge in [-0.1, -0.05) is 0 Å². The highest BCUT2D eigenvalue weighted by Crippen LogP contribution is 2.28. The average Bonchev–Trinajstić information content (AvgIpc) is 3.22. The fourth-order valence-corrected chi connectivity index (χ4v) is 4.93. The molecule has 302 valence electrons. The number of hydrogen-bond acceptors (Lipinski definition) is 13. The number of primary amides is 3. The Bertz CT molecular complexity index is 2440. The fraction of sp³-hybridized carbons (Fsp3) is 0.122. The number of anilines is 2. The molecule has 0 aliphatic carbocycles. The predicted molar refractivity (Wildman–Crippen MR) is 212 cm³/mol. The van der Waals surface area contributed by atoms with Crippen molar-refractivity contribution in [3.05, 3.63) is 132 Å². The van der Waals surface area contributed by atoms with E-state index < -0.39 is 35.8 Å². The van der Waals surface area contributed by atoms with Gasteiger partial charge in [-0.3, -0.25) is 14.4 Å². The van der Waals surface area contributed by atoms with Crippen LogP contribution in [-0.2, 0) is 14.3 Å². The van der Waals surface area contributed by atoms with Crippen molar-refractivity contribution in [1.29, 1.82) is 0 Å². The number of aromatic nitrogens is 4. The third kappa shape index (κ3) is 12.0. The lowest BCUT2D eigenvalue weighted by atomic mass is 10.1. The molecule has 3 amide bonds. The van der Waals surface area contributed by atoms with Gasteiger partial charge in [-0.2, -0.15) is 0 Å². The minimum absolute atomic E-state index is 0.00814. The Morgan fingerprint density at radius 2 is 0.881 bits per heavy atom. The summed E-state index contributed by atoms with van der Waals surface area (Å²) < 4.78 is 42.0. The smallest absolute Gasteiger partial charge is 0.328 e. The summed E-state index contributed by atoms with van der Waals surface area (Å²) in [6, 6.07) is 26.5. The van der Waals surface area contributed by atoms with Gasteiger partial charge in [0.2, 0.25) is 17.8 Å². The number of carbonyl (C=O) groups is 4. The van der Waals surface area contributed by atoms with Crippen molar-refractivity contribution in [3.8, 4) is 45.5 Å². The molecular formula is C41H37F2N9O7. The molecule has 0 aliphatic rings. The lowest BCUT2D eigenvalue weighted by molar-refractivity contribution is -0.141. The maximum absolute atomic E-state index is 13.0. The number of nitrogens with two attached hydrogens (primary N) is 3. The number of nitrogens with zero attached hydrogens (tertiary/aromatic N) is 4. The molecule has 4 aromatic carbocycles. The molecule has 0 aliphatic heterocycles. The van der Waals surface area contributed by atoms with E-state index in [1.165, 1.54) is 67.8 Å². The van der Waals surface area contributed by atoms with E-state index in [0.29, 0.717) is 45.5 Å². The number of hydrogen-bond donors (Lipinski definition) is 5. The zero-order valence-electron chi connectivity index (χ0n) is 31.7. The Labute approximate surface area is 335 Å². The minimum atomic E-state index is -0.738.